The van der Waals surface area contributed by atoms with E-state index in [1.54, 1.807) is 6.20 Å². The van der Waals surface area contributed by atoms with Gasteiger partial charge in [-0.1, -0.05) is 6.07 Å². The van der Waals surface area contributed by atoms with E-state index in [1.165, 1.54) is 17.4 Å². The lowest BCUT2D eigenvalue weighted by molar-refractivity contribution is 0.560. The quantitative estimate of drug-likeness (QED) is 0.663. The van der Waals surface area contributed by atoms with Crippen LogP contribution in [0.1, 0.15) is 32.6 Å². The number of rotatable bonds is 3. The molecular weight excluding hydrogens is 249 g/mol. The van der Waals surface area contributed by atoms with Crippen LogP contribution >= 0.6 is 11.3 Å². The van der Waals surface area contributed by atoms with Crippen molar-refractivity contribution in [2.24, 2.45) is 5.84 Å². The lowest BCUT2D eigenvalue weighted by Crippen LogP contribution is -2.29. The molecule has 0 aliphatic heterocycles. The van der Waals surface area contributed by atoms with Gasteiger partial charge < -0.3 is 0 Å². The lowest BCUT2D eigenvalue weighted by atomic mass is 9.98. The van der Waals surface area contributed by atoms with E-state index >= 15 is 0 Å². The highest BCUT2D eigenvalue weighted by molar-refractivity contribution is 7.11. The van der Waals surface area contributed by atoms with E-state index in [1.807, 2.05) is 26.8 Å². The number of halogens is 1. The number of hydrazine groups is 1. The normalized spacial score (nSPS) is 12.7. The van der Waals surface area contributed by atoms with Crippen LogP contribution in [0.5, 0.6) is 0 Å². The third-order valence-electron chi connectivity index (χ3n) is 2.86. The van der Waals surface area contributed by atoms with E-state index in [0.29, 0.717) is 5.56 Å². The van der Waals surface area contributed by atoms with Gasteiger partial charge in [-0.25, -0.2) is 14.8 Å². The third kappa shape index (κ3) is 2.43. The molecule has 3 N–H and O–H groups in total. The average molecular weight is 265 g/mol. The molecule has 0 saturated heterocycles. The Morgan fingerprint density at radius 2 is 2.06 bits per heavy atom. The van der Waals surface area contributed by atoms with Gasteiger partial charge in [-0.05, 0) is 38.0 Å². The molecule has 1 heterocycles. The Balaban J connectivity index is 2.51. The van der Waals surface area contributed by atoms with Gasteiger partial charge in [0.25, 0.3) is 0 Å². The molecule has 0 bridgehead atoms. The Morgan fingerprint density at radius 3 is 2.56 bits per heavy atom. The van der Waals surface area contributed by atoms with Gasteiger partial charge in [0.2, 0.25) is 0 Å². The average Bonchev–Trinajstić information content (AvgIpc) is 2.69. The Kier molecular flexibility index (Phi) is 3.75. The molecule has 1 aromatic carbocycles. The summed E-state index contributed by atoms with van der Waals surface area (Å²) in [5, 5.41) is 0.940. The Hall–Kier alpha value is -1.30. The van der Waals surface area contributed by atoms with Gasteiger partial charge in [-0.15, -0.1) is 11.3 Å². The predicted octanol–water partition coefficient (Wildman–Crippen LogP) is 2.76. The second-order valence-corrected chi connectivity index (χ2v) is 5.62. The Labute approximate surface area is 110 Å². The van der Waals surface area contributed by atoms with Crippen molar-refractivity contribution in [1.82, 2.24) is 10.4 Å². The van der Waals surface area contributed by atoms with E-state index in [2.05, 4.69) is 10.4 Å². The molecule has 1 aromatic heterocycles. The highest BCUT2D eigenvalue weighted by Crippen LogP contribution is 2.30. The van der Waals surface area contributed by atoms with Gasteiger partial charge >= 0.3 is 0 Å². The molecule has 0 radical (unpaired) electrons. The first kappa shape index (κ1) is 13.1. The van der Waals surface area contributed by atoms with Crippen LogP contribution in [-0.2, 0) is 0 Å². The number of nitrogens with two attached hydrogens (primary N) is 1. The maximum absolute atomic E-state index is 14.1. The Morgan fingerprint density at radius 1 is 1.33 bits per heavy atom. The fraction of sp³-hybridized carbons (Fsp3) is 0.308. The van der Waals surface area contributed by atoms with Gasteiger partial charge in [0.15, 0.2) is 0 Å². The predicted molar refractivity (Wildman–Crippen MR) is 71.9 cm³/mol. The van der Waals surface area contributed by atoms with Gasteiger partial charge in [-0.3, -0.25) is 5.84 Å². The number of hydrogen-bond donors (Lipinski definition) is 2. The molecule has 96 valence electrons. The zero-order chi connectivity index (χ0) is 13.3. The number of benzene rings is 1. The summed E-state index contributed by atoms with van der Waals surface area (Å²) in [4.78, 5) is 5.11. The van der Waals surface area contributed by atoms with Crippen molar-refractivity contribution in [2.45, 2.75) is 26.8 Å². The van der Waals surface area contributed by atoms with E-state index in [4.69, 9.17) is 5.84 Å². The van der Waals surface area contributed by atoms with E-state index in [-0.39, 0.29) is 11.9 Å². The number of hydrogen-bond acceptors (Lipinski definition) is 4. The van der Waals surface area contributed by atoms with E-state index in [0.717, 1.165) is 21.0 Å². The van der Waals surface area contributed by atoms with E-state index in [9.17, 15) is 4.39 Å². The summed E-state index contributed by atoms with van der Waals surface area (Å²) in [6.07, 6.45) is 1.74. The van der Waals surface area contributed by atoms with Crippen LogP contribution in [0, 0.1) is 26.6 Å². The first-order valence-electron chi connectivity index (χ1n) is 5.68. The van der Waals surface area contributed by atoms with Crippen molar-refractivity contribution in [1.29, 1.82) is 0 Å². The number of nitrogens with one attached hydrogen (secondary N) is 1. The minimum absolute atomic E-state index is 0.235. The summed E-state index contributed by atoms with van der Waals surface area (Å²) in [7, 11) is 0. The van der Waals surface area contributed by atoms with Gasteiger partial charge in [0.1, 0.15) is 5.82 Å². The van der Waals surface area contributed by atoms with Crippen molar-refractivity contribution in [3.8, 4) is 0 Å². The summed E-state index contributed by atoms with van der Waals surface area (Å²) < 4.78 is 14.1. The highest BCUT2D eigenvalue weighted by atomic mass is 32.1. The molecule has 0 aliphatic carbocycles. The van der Waals surface area contributed by atoms with E-state index < -0.39 is 0 Å². The minimum Gasteiger partial charge on any atom is -0.271 e. The monoisotopic (exact) mass is 265 g/mol. The molecule has 0 spiro atoms. The maximum Gasteiger partial charge on any atom is 0.128 e. The zero-order valence-corrected chi connectivity index (χ0v) is 11.4. The molecule has 3 nitrogen and oxygen atoms in total. The van der Waals surface area contributed by atoms with Crippen LogP contribution in [0.15, 0.2) is 18.3 Å². The van der Waals surface area contributed by atoms with Crippen LogP contribution in [0.25, 0.3) is 0 Å². The zero-order valence-electron chi connectivity index (χ0n) is 10.6. The fourth-order valence-corrected chi connectivity index (χ4v) is 2.97. The van der Waals surface area contributed by atoms with Crippen molar-refractivity contribution < 1.29 is 4.39 Å². The molecule has 1 unspecified atom stereocenters. The summed E-state index contributed by atoms with van der Waals surface area (Å²) in [6.45, 7) is 5.69. The first-order chi connectivity index (χ1) is 8.52. The van der Waals surface area contributed by atoms with Crippen LogP contribution in [0.2, 0.25) is 0 Å². The van der Waals surface area contributed by atoms with Crippen LogP contribution in [-0.4, -0.2) is 4.98 Å². The fourth-order valence-electron chi connectivity index (χ4n) is 2.11. The molecule has 0 aliphatic rings. The summed E-state index contributed by atoms with van der Waals surface area (Å²) >= 11 is 1.52. The van der Waals surface area contributed by atoms with Crippen LogP contribution < -0.4 is 11.3 Å². The van der Waals surface area contributed by atoms with Crippen molar-refractivity contribution in [3.05, 3.63) is 50.7 Å². The number of thiazole rings is 1. The molecule has 18 heavy (non-hydrogen) atoms. The summed E-state index contributed by atoms with van der Waals surface area (Å²) in [5.74, 6) is 5.35. The summed E-state index contributed by atoms with van der Waals surface area (Å²) in [5.41, 5.74) is 5.07. The maximum atomic E-state index is 14.1. The third-order valence-corrected chi connectivity index (χ3v) is 3.84. The molecule has 1 atom stereocenters. The highest BCUT2D eigenvalue weighted by Gasteiger charge is 2.21. The lowest BCUT2D eigenvalue weighted by Gasteiger charge is -2.18. The number of nitrogens with zero attached hydrogens (tertiary/aromatic N) is 1. The van der Waals surface area contributed by atoms with Crippen molar-refractivity contribution in [3.63, 3.8) is 0 Å². The van der Waals surface area contributed by atoms with Crippen LogP contribution in [0.4, 0.5) is 4.39 Å². The smallest absolute Gasteiger partial charge is 0.128 e. The second kappa shape index (κ2) is 5.14. The summed E-state index contributed by atoms with van der Waals surface area (Å²) in [6, 6.07) is 3.13. The molecule has 5 heteroatoms. The van der Waals surface area contributed by atoms with Gasteiger partial charge in [0, 0.05) is 16.6 Å². The first-order valence-corrected chi connectivity index (χ1v) is 6.49. The molecule has 2 aromatic rings. The van der Waals surface area contributed by atoms with Gasteiger partial charge in [0.05, 0.1) is 11.0 Å². The second-order valence-electron chi connectivity index (χ2n) is 4.36. The number of aryl methyl sites for hydroxylation is 3. The van der Waals surface area contributed by atoms with Crippen LogP contribution in [0.3, 0.4) is 0 Å². The minimum atomic E-state index is -0.350. The van der Waals surface area contributed by atoms with Crippen molar-refractivity contribution >= 4 is 11.3 Å². The largest absolute Gasteiger partial charge is 0.271 e. The number of aromatic nitrogens is 1. The molecule has 0 saturated carbocycles. The topological polar surface area (TPSA) is 50.9 Å². The molecule has 2 rings (SSSR count). The SMILES string of the molecule is Cc1cc(C)c(C(NN)c2cnc(C)s2)c(F)c1. The van der Waals surface area contributed by atoms with Gasteiger partial charge in [-0.2, -0.15) is 0 Å². The standard InChI is InChI=1S/C13H16FN3S/c1-7-4-8(2)12(10(14)5-7)13(17-15)11-6-16-9(3)18-11/h4-6,13,17H,15H2,1-3H3. The molecular formula is C13H16FN3S. The molecule has 0 amide bonds. The van der Waals surface area contributed by atoms with Crippen molar-refractivity contribution in [2.75, 3.05) is 0 Å². The Bertz CT molecular complexity index is 542. The molecule has 0 fully saturated rings.